The number of imide groups is 1. The summed E-state index contributed by atoms with van der Waals surface area (Å²) in [4.78, 5) is 39.8. The fourth-order valence-corrected chi connectivity index (χ4v) is 3.57. The van der Waals surface area contributed by atoms with Gasteiger partial charge in [-0.05, 0) is 62.4 Å². The van der Waals surface area contributed by atoms with Gasteiger partial charge in [0.15, 0.2) is 0 Å². The first kappa shape index (κ1) is 21.7. The first-order chi connectivity index (χ1) is 15.3. The molecule has 1 aromatic heterocycles. The van der Waals surface area contributed by atoms with Gasteiger partial charge in [-0.3, -0.25) is 19.3 Å². The summed E-state index contributed by atoms with van der Waals surface area (Å²) < 4.78 is 5.75. The number of aromatic nitrogens is 2. The first-order valence-corrected chi connectivity index (χ1v) is 10.6. The second-order valence-electron chi connectivity index (χ2n) is 7.70. The molecule has 0 atom stereocenters. The van der Waals surface area contributed by atoms with Crippen LogP contribution in [-0.4, -0.2) is 38.9 Å². The Kier molecular flexibility index (Phi) is 6.05. The minimum atomic E-state index is -0.231. The molecule has 8 nitrogen and oxygen atoms in total. The monoisotopic (exact) mass is 452 g/mol. The molecule has 3 aromatic rings. The van der Waals surface area contributed by atoms with Crippen LogP contribution in [0.25, 0.3) is 11.5 Å². The van der Waals surface area contributed by atoms with Crippen LogP contribution in [0, 0.1) is 0 Å². The van der Waals surface area contributed by atoms with Crippen molar-refractivity contribution in [2.45, 2.75) is 39.3 Å². The van der Waals surface area contributed by atoms with E-state index >= 15 is 0 Å². The fourth-order valence-electron chi connectivity index (χ4n) is 3.44. The van der Waals surface area contributed by atoms with Gasteiger partial charge in [0.25, 0.3) is 5.91 Å². The molecule has 0 aliphatic carbocycles. The lowest BCUT2D eigenvalue weighted by Crippen LogP contribution is -2.36. The number of benzene rings is 2. The van der Waals surface area contributed by atoms with E-state index in [0.717, 1.165) is 10.5 Å². The maximum absolute atomic E-state index is 13.1. The highest BCUT2D eigenvalue weighted by Crippen LogP contribution is 2.24. The van der Waals surface area contributed by atoms with E-state index in [0.29, 0.717) is 28.1 Å². The van der Waals surface area contributed by atoms with Gasteiger partial charge in [-0.1, -0.05) is 11.6 Å². The predicted octanol–water partition coefficient (Wildman–Crippen LogP) is 4.09. The van der Waals surface area contributed by atoms with Crippen LogP contribution >= 0.6 is 11.6 Å². The third-order valence-corrected chi connectivity index (χ3v) is 5.42. The van der Waals surface area contributed by atoms with Crippen LogP contribution in [0.2, 0.25) is 5.02 Å². The molecule has 3 amide bonds. The van der Waals surface area contributed by atoms with Crippen molar-refractivity contribution in [1.29, 1.82) is 0 Å². The zero-order valence-corrected chi connectivity index (χ0v) is 18.4. The normalized spacial score (nSPS) is 13.8. The Morgan fingerprint density at radius 1 is 1.03 bits per heavy atom. The molecule has 2 heterocycles. The van der Waals surface area contributed by atoms with Crippen molar-refractivity contribution in [3.05, 3.63) is 65.0 Å². The number of carbonyl (C=O) groups excluding carboxylic acids is 3. The van der Waals surface area contributed by atoms with Crippen LogP contribution in [-0.2, 0) is 16.1 Å². The second-order valence-corrected chi connectivity index (χ2v) is 8.14. The summed E-state index contributed by atoms with van der Waals surface area (Å²) in [5, 5.41) is 8.74. The van der Waals surface area contributed by atoms with Crippen molar-refractivity contribution < 1.29 is 18.8 Å². The van der Waals surface area contributed by atoms with Gasteiger partial charge in [0.1, 0.15) is 0 Å². The van der Waals surface area contributed by atoms with Crippen molar-refractivity contribution in [3.8, 4) is 11.5 Å². The molecule has 0 saturated carbocycles. The summed E-state index contributed by atoms with van der Waals surface area (Å²) in [7, 11) is 0. The summed E-state index contributed by atoms with van der Waals surface area (Å²) >= 11 is 5.92. The molecular weight excluding hydrogens is 432 g/mol. The van der Waals surface area contributed by atoms with Crippen LogP contribution < -0.4 is 4.90 Å². The molecule has 1 aliphatic heterocycles. The third kappa shape index (κ3) is 4.40. The lowest BCUT2D eigenvalue weighted by molar-refractivity contribution is -0.121. The topological polar surface area (TPSA) is 96.6 Å². The molecule has 2 aromatic carbocycles. The quantitative estimate of drug-likeness (QED) is 0.522. The third-order valence-electron chi connectivity index (χ3n) is 5.17. The number of hydrogen-bond donors (Lipinski definition) is 0. The van der Waals surface area contributed by atoms with Crippen LogP contribution in [0.3, 0.4) is 0 Å². The molecule has 0 radical (unpaired) electrons. The molecule has 0 unspecified atom stereocenters. The van der Waals surface area contributed by atoms with Gasteiger partial charge >= 0.3 is 0 Å². The Balaban J connectivity index is 1.50. The number of rotatable bonds is 6. The Bertz CT molecular complexity index is 1140. The average molecular weight is 453 g/mol. The minimum Gasteiger partial charge on any atom is -0.419 e. The standard InChI is InChI=1S/C23H21ClN4O4/c1-14(2)27(13-19-25-26-22(32-19)15-3-7-17(24)8-4-15)23(31)16-5-9-18(10-6-16)28-20(29)11-12-21(28)30/h3-10,14H,11-13H2,1-2H3. The predicted molar refractivity (Wildman–Crippen MR) is 118 cm³/mol. The zero-order valence-electron chi connectivity index (χ0n) is 17.6. The lowest BCUT2D eigenvalue weighted by atomic mass is 10.1. The van der Waals surface area contributed by atoms with Crippen LogP contribution in [0.4, 0.5) is 5.69 Å². The van der Waals surface area contributed by atoms with E-state index in [2.05, 4.69) is 10.2 Å². The van der Waals surface area contributed by atoms with Crippen molar-refractivity contribution in [3.63, 3.8) is 0 Å². The molecule has 4 rings (SSSR count). The van der Waals surface area contributed by atoms with Gasteiger partial charge in [0.05, 0.1) is 12.2 Å². The highest BCUT2D eigenvalue weighted by atomic mass is 35.5. The van der Waals surface area contributed by atoms with Gasteiger partial charge in [0.2, 0.25) is 23.6 Å². The summed E-state index contributed by atoms with van der Waals surface area (Å²) in [6.07, 6.45) is 0.422. The van der Waals surface area contributed by atoms with Gasteiger partial charge in [-0.2, -0.15) is 0 Å². The van der Waals surface area contributed by atoms with Crippen molar-refractivity contribution in [2.24, 2.45) is 0 Å². The molecule has 0 bridgehead atoms. The molecule has 32 heavy (non-hydrogen) atoms. The maximum atomic E-state index is 13.1. The highest BCUT2D eigenvalue weighted by molar-refractivity contribution is 6.30. The number of nitrogens with zero attached hydrogens (tertiary/aromatic N) is 4. The number of anilines is 1. The van der Waals surface area contributed by atoms with E-state index in [4.69, 9.17) is 16.0 Å². The molecule has 0 spiro atoms. The van der Waals surface area contributed by atoms with Gasteiger partial charge < -0.3 is 9.32 Å². The van der Waals surface area contributed by atoms with E-state index < -0.39 is 0 Å². The molecule has 1 aliphatic rings. The van der Waals surface area contributed by atoms with E-state index in [1.165, 1.54) is 0 Å². The number of halogens is 1. The largest absolute Gasteiger partial charge is 0.419 e. The van der Waals surface area contributed by atoms with E-state index in [1.807, 2.05) is 13.8 Å². The summed E-state index contributed by atoms with van der Waals surface area (Å²) in [5.41, 5.74) is 1.63. The molecule has 0 N–H and O–H groups in total. The number of amides is 3. The molecule has 1 fully saturated rings. The molecule has 164 valence electrons. The van der Waals surface area contributed by atoms with Crippen LogP contribution in [0.5, 0.6) is 0 Å². The summed E-state index contributed by atoms with van der Waals surface area (Å²) in [6.45, 7) is 3.93. The van der Waals surface area contributed by atoms with Crippen molar-refractivity contribution >= 4 is 35.0 Å². The maximum Gasteiger partial charge on any atom is 0.254 e. The second kappa shape index (κ2) is 8.92. The lowest BCUT2D eigenvalue weighted by Gasteiger charge is -2.25. The Morgan fingerprint density at radius 2 is 1.66 bits per heavy atom. The van der Waals surface area contributed by atoms with E-state index in [1.54, 1.807) is 53.4 Å². The van der Waals surface area contributed by atoms with Gasteiger partial charge in [-0.25, -0.2) is 0 Å². The Morgan fingerprint density at radius 3 is 2.25 bits per heavy atom. The summed E-state index contributed by atoms with van der Waals surface area (Å²) in [5.74, 6) is -0.0348. The summed E-state index contributed by atoms with van der Waals surface area (Å²) in [6, 6.07) is 13.3. The minimum absolute atomic E-state index is 0.130. The van der Waals surface area contributed by atoms with Crippen LogP contribution in [0.1, 0.15) is 42.9 Å². The number of carbonyl (C=O) groups is 3. The van der Waals surface area contributed by atoms with Crippen molar-refractivity contribution in [2.75, 3.05) is 4.90 Å². The zero-order chi connectivity index (χ0) is 22.8. The SMILES string of the molecule is CC(C)N(Cc1nnc(-c2ccc(Cl)cc2)o1)C(=O)c1ccc(N2C(=O)CCC2=O)cc1. The highest BCUT2D eigenvalue weighted by Gasteiger charge is 2.30. The Hall–Kier alpha value is -3.52. The number of hydrogen-bond acceptors (Lipinski definition) is 6. The smallest absolute Gasteiger partial charge is 0.254 e. The molecule has 9 heteroatoms. The van der Waals surface area contributed by atoms with E-state index in [-0.39, 0.29) is 43.1 Å². The van der Waals surface area contributed by atoms with Crippen LogP contribution in [0.15, 0.2) is 52.9 Å². The first-order valence-electron chi connectivity index (χ1n) is 10.2. The van der Waals surface area contributed by atoms with Gasteiger partial charge in [0, 0.05) is 35.0 Å². The molecular formula is C23H21ClN4O4. The Labute approximate surface area is 189 Å². The van der Waals surface area contributed by atoms with Gasteiger partial charge in [-0.15, -0.1) is 10.2 Å². The van der Waals surface area contributed by atoms with E-state index in [9.17, 15) is 14.4 Å². The average Bonchev–Trinajstić information content (AvgIpc) is 3.38. The fraction of sp³-hybridized carbons (Fsp3) is 0.261. The van der Waals surface area contributed by atoms with Crippen molar-refractivity contribution in [1.82, 2.24) is 15.1 Å². The molecule has 1 saturated heterocycles.